The van der Waals surface area contributed by atoms with Gasteiger partial charge in [-0.2, -0.15) is 5.10 Å². The lowest BCUT2D eigenvalue weighted by Crippen LogP contribution is -2.61. The number of aromatic nitrogens is 3. The molecule has 1 aliphatic carbocycles. The smallest absolute Gasteiger partial charge is 0.226 e. The number of amides is 1. The van der Waals surface area contributed by atoms with Gasteiger partial charge in [0, 0.05) is 42.2 Å². The third-order valence-electron chi connectivity index (χ3n) is 7.91. The first-order valence-electron chi connectivity index (χ1n) is 13.4. The third kappa shape index (κ3) is 5.97. The normalized spacial score (nSPS) is 23.1. The molecule has 0 bridgehead atoms. The highest BCUT2D eigenvalue weighted by Crippen LogP contribution is 2.39. The minimum Gasteiger partial charge on any atom is -0.390 e. The van der Waals surface area contributed by atoms with Crippen LogP contribution in [0.3, 0.4) is 0 Å². The highest BCUT2D eigenvalue weighted by molar-refractivity contribution is 5.80. The van der Waals surface area contributed by atoms with E-state index in [-0.39, 0.29) is 17.4 Å². The molecule has 8 heteroatoms. The van der Waals surface area contributed by atoms with Crippen LogP contribution in [0, 0.1) is 12.8 Å². The van der Waals surface area contributed by atoms with Gasteiger partial charge in [-0.15, -0.1) is 0 Å². The Morgan fingerprint density at radius 3 is 2.34 bits per heavy atom. The van der Waals surface area contributed by atoms with E-state index in [0.717, 1.165) is 48.4 Å². The van der Waals surface area contributed by atoms with Gasteiger partial charge in [0.2, 0.25) is 5.91 Å². The Bertz CT molecular complexity index is 1300. The fraction of sp³-hybridized carbons (Fsp3) is 0.533. The summed E-state index contributed by atoms with van der Waals surface area (Å²) in [5, 5.41) is 14.3. The Balaban J connectivity index is 0.000000181. The molecule has 2 fully saturated rings. The zero-order valence-corrected chi connectivity index (χ0v) is 23.7. The molecule has 5 rings (SSSR count). The number of rotatable bonds is 4. The van der Waals surface area contributed by atoms with Crippen molar-refractivity contribution in [2.45, 2.75) is 71.4 Å². The fourth-order valence-corrected chi connectivity index (χ4v) is 5.23. The van der Waals surface area contributed by atoms with Gasteiger partial charge >= 0.3 is 0 Å². The minimum atomic E-state index is -0.609. The topological polar surface area (TPSA) is 91.0 Å². The Labute approximate surface area is 225 Å². The van der Waals surface area contributed by atoms with E-state index >= 15 is 0 Å². The van der Waals surface area contributed by atoms with E-state index in [1.807, 2.05) is 11.8 Å². The quantitative estimate of drug-likeness (QED) is 0.516. The van der Waals surface area contributed by atoms with Crippen LogP contribution in [0.25, 0.3) is 16.9 Å². The van der Waals surface area contributed by atoms with Crippen molar-refractivity contribution in [1.82, 2.24) is 24.4 Å². The van der Waals surface area contributed by atoms with Crippen molar-refractivity contribution in [1.29, 1.82) is 0 Å². The molecule has 1 saturated carbocycles. The summed E-state index contributed by atoms with van der Waals surface area (Å²) in [4.78, 5) is 31.8. The molecule has 1 saturated heterocycles. The maximum Gasteiger partial charge on any atom is 0.226 e. The molecule has 38 heavy (non-hydrogen) atoms. The summed E-state index contributed by atoms with van der Waals surface area (Å²) in [5.41, 5.74) is 4.87. The lowest BCUT2D eigenvalue weighted by atomic mass is 9.71. The molecule has 1 aliphatic heterocycles. The number of aliphatic hydroxyl groups is 1. The number of benzene rings is 1. The molecule has 2 aliphatic rings. The van der Waals surface area contributed by atoms with E-state index in [9.17, 15) is 14.7 Å². The number of piperazine rings is 1. The summed E-state index contributed by atoms with van der Waals surface area (Å²) in [6.45, 7) is 15.0. The van der Waals surface area contributed by atoms with Gasteiger partial charge in [0.1, 0.15) is 5.69 Å². The first-order chi connectivity index (χ1) is 17.8. The standard InChI is InChI=1S/C17H17N3O.C13H24N2O2/c1-11(2)15-8-16(13-6-4-12(3)5-7-13)19-20-9-14(10-21)18-17(15)20;1-12(2)9-15(6-5-14(12)4)11(16)10-7-13(3,17)8-10/h4-11H,1-3H3;10,17H,5-9H2,1-4H3. The number of aldehydes is 1. The zero-order valence-electron chi connectivity index (χ0n) is 23.7. The molecule has 204 valence electrons. The van der Waals surface area contributed by atoms with Crippen molar-refractivity contribution in [3.05, 3.63) is 53.3 Å². The summed E-state index contributed by atoms with van der Waals surface area (Å²) >= 11 is 0. The molecule has 1 N–H and O–H groups in total. The maximum atomic E-state index is 12.3. The largest absolute Gasteiger partial charge is 0.390 e. The number of aryl methyl sites for hydroxylation is 1. The lowest BCUT2D eigenvalue weighted by Gasteiger charge is -2.48. The number of imidazole rings is 1. The Kier molecular flexibility index (Phi) is 7.77. The van der Waals surface area contributed by atoms with E-state index in [4.69, 9.17) is 0 Å². The molecule has 0 spiro atoms. The average Bonchev–Trinajstić information content (AvgIpc) is 3.27. The van der Waals surface area contributed by atoms with Gasteiger partial charge in [0.15, 0.2) is 11.9 Å². The number of nitrogens with zero attached hydrogens (tertiary/aromatic N) is 5. The van der Waals surface area contributed by atoms with Crippen LogP contribution in [0.2, 0.25) is 0 Å². The predicted molar refractivity (Wildman–Crippen MR) is 149 cm³/mol. The fourth-order valence-electron chi connectivity index (χ4n) is 5.23. The summed E-state index contributed by atoms with van der Waals surface area (Å²) in [6, 6.07) is 10.3. The molecular weight excluding hydrogens is 478 g/mol. The van der Waals surface area contributed by atoms with E-state index in [1.54, 1.807) is 10.7 Å². The summed E-state index contributed by atoms with van der Waals surface area (Å²) in [5.74, 6) is 0.587. The zero-order chi connectivity index (χ0) is 27.8. The molecule has 2 aromatic heterocycles. The second-order valence-electron chi connectivity index (χ2n) is 12.2. The molecule has 0 radical (unpaired) electrons. The molecule has 0 unspecified atom stereocenters. The van der Waals surface area contributed by atoms with Crippen molar-refractivity contribution in [3.63, 3.8) is 0 Å². The molecule has 0 atom stereocenters. The van der Waals surface area contributed by atoms with Crippen molar-refractivity contribution in [2.75, 3.05) is 26.7 Å². The van der Waals surface area contributed by atoms with E-state index in [2.05, 4.69) is 87.0 Å². The molecule has 3 heterocycles. The Morgan fingerprint density at radius 1 is 1.13 bits per heavy atom. The van der Waals surface area contributed by atoms with Crippen molar-refractivity contribution < 1.29 is 14.7 Å². The van der Waals surface area contributed by atoms with Crippen LogP contribution < -0.4 is 0 Å². The van der Waals surface area contributed by atoms with Gasteiger partial charge in [0.25, 0.3) is 0 Å². The molecule has 3 aromatic rings. The minimum absolute atomic E-state index is 0.0456. The van der Waals surface area contributed by atoms with Crippen LogP contribution in [-0.4, -0.2) is 79.5 Å². The van der Waals surface area contributed by atoms with E-state index < -0.39 is 5.60 Å². The number of hydrogen-bond acceptors (Lipinski definition) is 6. The van der Waals surface area contributed by atoms with Gasteiger partial charge in [-0.1, -0.05) is 43.7 Å². The van der Waals surface area contributed by atoms with Crippen LogP contribution in [0.4, 0.5) is 0 Å². The number of fused-ring (bicyclic) bond motifs is 1. The van der Waals surface area contributed by atoms with E-state index in [1.165, 1.54) is 5.56 Å². The average molecular weight is 520 g/mol. The maximum absolute atomic E-state index is 12.3. The SMILES string of the molecule is CN1CCN(C(=O)C2CC(C)(O)C2)CC1(C)C.Cc1ccc(-c2cc(C(C)C)c3nc(C=O)cn3n2)cc1. The highest BCUT2D eigenvalue weighted by atomic mass is 16.3. The van der Waals surface area contributed by atoms with Crippen LogP contribution >= 0.6 is 0 Å². The predicted octanol–water partition coefficient (Wildman–Crippen LogP) is 4.34. The van der Waals surface area contributed by atoms with Gasteiger partial charge in [0.05, 0.1) is 17.5 Å². The van der Waals surface area contributed by atoms with Gasteiger partial charge in [-0.3, -0.25) is 14.5 Å². The Hall–Kier alpha value is -3.10. The van der Waals surface area contributed by atoms with Crippen molar-refractivity contribution in [3.8, 4) is 11.3 Å². The summed E-state index contributed by atoms with van der Waals surface area (Å²) < 4.78 is 1.70. The molecule has 1 aromatic carbocycles. The van der Waals surface area contributed by atoms with Crippen LogP contribution in [0.1, 0.15) is 75.0 Å². The number of likely N-dealkylation sites (N-methyl/N-ethyl adjacent to an activating group) is 1. The summed E-state index contributed by atoms with van der Waals surface area (Å²) in [6.07, 6.45) is 3.67. The first kappa shape index (κ1) is 27.9. The monoisotopic (exact) mass is 519 g/mol. The van der Waals surface area contributed by atoms with Crippen molar-refractivity contribution in [2.24, 2.45) is 5.92 Å². The molecule has 1 amide bonds. The molecular formula is C30H41N5O3. The second-order valence-corrected chi connectivity index (χ2v) is 12.2. The number of carbonyl (C=O) groups excluding carboxylic acids is 2. The van der Waals surface area contributed by atoms with E-state index in [0.29, 0.717) is 24.5 Å². The Morgan fingerprint density at radius 2 is 1.79 bits per heavy atom. The van der Waals surface area contributed by atoms with Gasteiger partial charge < -0.3 is 10.0 Å². The second kappa shape index (κ2) is 10.6. The van der Waals surface area contributed by atoms with Gasteiger partial charge in [-0.25, -0.2) is 9.50 Å². The number of hydrogen-bond donors (Lipinski definition) is 1. The van der Waals surface area contributed by atoms with Gasteiger partial charge in [-0.05, 0) is 59.6 Å². The number of carbonyl (C=O) groups is 2. The van der Waals surface area contributed by atoms with Crippen LogP contribution in [0.5, 0.6) is 0 Å². The third-order valence-corrected chi connectivity index (χ3v) is 7.91. The van der Waals surface area contributed by atoms with Crippen molar-refractivity contribution >= 4 is 17.8 Å². The van der Waals surface area contributed by atoms with Crippen LogP contribution in [-0.2, 0) is 4.79 Å². The highest BCUT2D eigenvalue weighted by Gasteiger charge is 2.45. The molecule has 8 nitrogen and oxygen atoms in total. The lowest BCUT2D eigenvalue weighted by molar-refractivity contribution is -0.153. The first-order valence-corrected chi connectivity index (χ1v) is 13.4. The van der Waals surface area contributed by atoms with Crippen LogP contribution in [0.15, 0.2) is 36.5 Å². The summed E-state index contributed by atoms with van der Waals surface area (Å²) in [7, 11) is 2.11.